The Hall–Kier alpha value is -1.06. The van der Waals surface area contributed by atoms with Crippen LogP contribution in [0.3, 0.4) is 0 Å². The first-order valence-electron chi connectivity index (χ1n) is 4.80. The van der Waals surface area contributed by atoms with Crippen molar-refractivity contribution in [3.05, 3.63) is 11.6 Å². The Morgan fingerprint density at radius 3 is 2.29 bits per heavy atom. The van der Waals surface area contributed by atoms with Gasteiger partial charge in [0.25, 0.3) is 11.9 Å². The number of carbonyl (C=O) groups is 1. The van der Waals surface area contributed by atoms with Gasteiger partial charge in [-0.25, -0.2) is 0 Å². The Morgan fingerprint density at radius 1 is 1.36 bits per heavy atom. The van der Waals surface area contributed by atoms with Crippen LogP contribution >= 0.6 is 0 Å². The van der Waals surface area contributed by atoms with Crippen LogP contribution in [-0.4, -0.2) is 12.1 Å². The summed E-state index contributed by atoms with van der Waals surface area (Å²) in [6.07, 6.45) is -0.551. The molecule has 0 radical (unpaired) electrons. The normalized spacial score (nSPS) is 22.8. The number of rotatable bonds is 2. The highest BCUT2D eigenvalue weighted by molar-refractivity contribution is 5.94. The SMILES string of the molecule is CC(C)C1=C(F)OC(C(C)C)NC1=O. The van der Waals surface area contributed by atoms with E-state index in [-0.39, 0.29) is 23.3 Å². The molecule has 0 bridgehead atoms. The van der Waals surface area contributed by atoms with E-state index in [9.17, 15) is 9.18 Å². The molecule has 1 aliphatic rings. The standard InChI is InChI=1S/C10H16FNO2/c1-5(2)7-8(11)14-10(6(3)4)12-9(7)13/h5-6,10H,1-4H3,(H,12,13). The second-order valence-electron chi connectivity index (χ2n) is 4.10. The Labute approximate surface area is 83.3 Å². The van der Waals surface area contributed by atoms with Gasteiger partial charge in [-0.1, -0.05) is 27.7 Å². The van der Waals surface area contributed by atoms with Crippen LogP contribution in [0.25, 0.3) is 0 Å². The van der Waals surface area contributed by atoms with E-state index in [0.29, 0.717) is 0 Å². The zero-order valence-electron chi connectivity index (χ0n) is 8.93. The van der Waals surface area contributed by atoms with Crippen molar-refractivity contribution in [1.29, 1.82) is 0 Å². The summed E-state index contributed by atoms with van der Waals surface area (Å²) in [6, 6.07) is -0.734. The Morgan fingerprint density at radius 2 is 1.93 bits per heavy atom. The smallest absolute Gasteiger partial charge is 0.283 e. The number of amides is 1. The maximum Gasteiger partial charge on any atom is 0.283 e. The number of ether oxygens (including phenoxy) is 1. The zero-order chi connectivity index (χ0) is 10.9. The summed E-state index contributed by atoms with van der Waals surface area (Å²) in [5.41, 5.74) is 0.0990. The van der Waals surface area contributed by atoms with Gasteiger partial charge >= 0.3 is 0 Å². The molecule has 1 unspecified atom stereocenters. The first-order chi connectivity index (χ1) is 6.43. The van der Waals surface area contributed by atoms with E-state index in [1.165, 1.54) is 0 Å². The number of carbonyl (C=O) groups excluding carboxylic acids is 1. The highest BCUT2D eigenvalue weighted by atomic mass is 19.1. The van der Waals surface area contributed by atoms with Gasteiger partial charge in [0.2, 0.25) is 0 Å². The Kier molecular flexibility index (Phi) is 3.13. The summed E-state index contributed by atoms with van der Waals surface area (Å²) in [5, 5.41) is 2.62. The number of hydrogen-bond acceptors (Lipinski definition) is 2. The lowest BCUT2D eigenvalue weighted by atomic mass is 10.0. The van der Waals surface area contributed by atoms with Gasteiger partial charge in [0.1, 0.15) is 0 Å². The van der Waals surface area contributed by atoms with Gasteiger partial charge in [0.15, 0.2) is 6.23 Å². The van der Waals surface area contributed by atoms with Crippen LogP contribution in [0.1, 0.15) is 27.7 Å². The lowest BCUT2D eigenvalue weighted by Gasteiger charge is -2.29. The lowest BCUT2D eigenvalue weighted by molar-refractivity contribution is -0.127. The molecular weight excluding hydrogens is 185 g/mol. The summed E-state index contributed by atoms with van der Waals surface area (Å²) in [7, 11) is 0. The van der Waals surface area contributed by atoms with Crippen LogP contribution in [-0.2, 0) is 9.53 Å². The molecule has 4 heteroatoms. The topological polar surface area (TPSA) is 38.3 Å². The molecule has 3 nitrogen and oxygen atoms in total. The van der Waals surface area contributed by atoms with Crippen LogP contribution < -0.4 is 5.32 Å². The average Bonchev–Trinajstić information content (AvgIpc) is 2.01. The minimum absolute atomic E-state index is 0.0541. The summed E-state index contributed by atoms with van der Waals surface area (Å²) in [4.78, 5) is 11.5. The van der Waals surface area contributed by atoms with Crippen molar-refractivity contribution in [2.45, 2.75) is 33.9 Å². The maximum absolute atomic E-state index is 13.4. The molecule has 1 rings (SSSR count). The molecule has 80 valence electrons. The van der Waals surface area contributed by atoms with Gasteiger partial charge < -0.3 is 10.1 Å². The lowest BCUT2D eigenvalue weighted by Crippen LogP contribution is -2.45. The third kappa shape index (κ3) is 2.05. The summed E-state index contributed by atoms with van der Waals surface area (Å²) in [6.45, 7) is 7.23. The van der Waals surface area contributed by atoms with E-state index in [1.54, 1.807) is 13.8 Å². The maximum atomic E-state index is 13.4. The molecule has 0 aromatic heterocycles. The van der Waals surface area contributed by atoms with Gasteiger partial charge in [-0.2, -0.15) is 4.39 Å². The molecule has 0 aromatic carbocycles. The van der Waals surface area contributed by atoms with Crippen molar-refractivity contribution in [3.63, 3.8) is 0 Å². The molecule has 14 heavy (non-hydrogen) atoms. The quantitative estimate of drug-likeness (QED) is 0.741. The third-order valence-corrected chi connectivity index (χ3v) is 2.14. The van der Waals surface area contributed by atoms with Gasteiger partial charge in [0.05, 0.1) is 5.57 Å². The first kappa shape index (κ1) is 11.0. The zero-order valence-corrected chi connectivity index (χ0v) is 8.93. The van der Waals surface area contributed by atoms with Gasteiger partial charge in [0, 0.05) is 5.92 Å². The minimum atomic E-state index is -0.734. The molecule has 1 aliphatic heterocycles. The molecule has 1 N–H and O–H groups in total. The van der Waals surface area contributed by atoms with Gasteiger partial charge in [-0.3, -0.25) is 4.79 Å². The fourth-order valence-corrected chi connectivity index (χ4v) is 1.29. The predicted molar refractivity (Wildman–Crippen MR) is 50.8 cm³/mol. The van der Waals surface area contributed by atoms with Crippen molar-refractivity contribution >= 4 is 5.91 Å². The van der Waals surface area contributed by atoms with E-state index >= 15 is 0 Å². The number of hydrogen-bond donors (Lipinski definition) is 1. The van der Waals surface area contributed by atoms with Crippen LogP contribution in [0.4, 0.5) is 4.39 Å². The largest absolute Gasteiger partial charge is 0.446 e. The summed E-state index contributed by atoms with van der Waals surface area (Å²) in [5.74, 6) is -0.469. The molecule has 0 saturated heterocycles. The average molecular weight is 201 g/mol. The van der Waals surface area contributed by atoms with E-state index in [4.69, 9.17) is 4.74 Å². The van der Waals surface area contributed by atoms with Crippen molar-refractivity contribution < 1.29 is 13.9 Å². The minimum Gasteiger partial charge on any atom is -0.446 e. The molecule has 1 atom stereocenters. The molecule has 0 fully saturated rings. The second kappa shape index (κ2) is 3.98. The fourth-order valence-electron chi connectivity index (χ4n) is 1.29. The van der Waals surface area contributed by atoms with Crippen LogP contribution in [0.2, 0.25) is 0 Å². The third-order valence-electron chi connectivity index (χ3n) is 2.14. The predicted octanol–water partition coefficient (Wildman–Crippen LogP) is 1.95. The Bertz CT molecular complexity index is 271. The van der Waals surface area contributed by atoms with Crippen molar-refractivity contribution in [2.75, 3.05) is 0 Å². The molecule has 1 heterocycles. The second-order valence-corrected chi connectivity index (χ2v) is 4.10. The van der Waals surface area contributed by atoms with Crippen molar-refractivity contribution in [2.24, 2.45) is 11.8 Å². The van der Waals surface area contributed by atoms with Crippen LogP contribution in [0.5, 0.6) is 0 Å². The first-order valence-corrected chi connectivity index (χ1v) is 4.80. The van der Waals surface area contributed by atoms with E-state index in [2.05, 4.69) is 5.32 Å². The monoisotopic (exact) mass is 201 g/mol. The van der Waals surface area contributed by atoms with E-state index in [1.807, 2.05) is 13.8 Å². The van der Waals surface area contributed by atoms with Crippen molar-refractivity contribution in [3.8, 4) is 0 Å². The number of nitrogens with one attached hydrogen (secondary N) is 1. The summed E-state index contributed by atoms with van der Waals surface area (Å²) < 4.78 is 18.3. The molecule has 1 amide bonds. The summed E-state index contributed by atoms with van der Waals surface area (Å²) >= 11 is 0. The molecule has 0 spiro atoms. The van der Waals surface area contributed by atoms with E-state index < -0.39 is 12.2 Å². The highest BCUT2D eigenvalue weighted by Crippen LogP contribution is 2.24. The van der Waals surface area contributed by atoms with Gasteiger partial charge in [-0.15, -0.1) is 0 Å². The Balaban J connectivity index is 2.89. The highest BCUT2D eigenvalue weighted by Gasteiger charge is 2.31. The number of halogens is 1. The molecule has 0 aliphatic carbocycles. The molecule has 0 aromatic rings. The van der Waals surface area contributed by atoms with Crippen LogP contribution in [0, 0.1) is 11.8 Å². The van der Waals surface area contributed by atoms with Gasteiger partial charge in [-0.05, 0) is 5.92 Å². The molecule has 0 saturated carbocycles. The van der Waals surface area contributed by atoms with Crippen molar-refractivity contribution in [1.82, 2.24) is 5.32 Å². The van der Waals surface area contributed by atoms with Crippen LogP contribution in [0.15, 0.2) is 11.6 Å². The fraction of sp³-hybridized carbons (Fsp3) is 0.700. The molecular formula is C10H16FNO2. The van der Waals surface area contributed by atoms with E-state index in [0.717, 1.165) is 0 Å².